The molecule has 0 fully saturated rings. The number of alkyl halides is 1. The lowest BCUT2D eigenvalue weighted by molar-refractivity contribution is -0.122. The second kappa shape index (κ2) is 14.5. The van der Waals surface area contributed by atoms with E-state index < -0.39 is 17.1 Å². The fraction of sp³-hybridized carbons (Fsp3) is 0.233. The van der Waals surface area contributed by atoms with Crippen LogP contribution in [0.3, 0.4) is 0 Å². The quantitative estimate of drug-likeness (QED) is 0.0796. The number of carbonyl (C=O) groups excluding carboxylic acids is 2. The van der Waals surface area contributed by atoms with Crippen LogP contribution < -0.4 is 26.4 Å². The van der Waals surface area contributed by atoms with E-state index in [1.165, 1.54) is 17.0 Å². The molecule has 0 aliphatic rings. The Morgan fingerprint density at radius 2 is 1.84 bits per heavy atom. The Hall–Kier alpha value is -3.95. The zero-order chi connectivity index (χ0) is 31.1. The van der Waals surface area contributed by atoms with Crippen molar-refractivity contribution >= 4 is 73.6 Å². The first kappa shape index (κ1) is 32.0. The van der Waals surface area contributed by atoms with Gasteiger partial charge in [-0.25, -0.2) is 14.0 Å². The van der Waals surface area contributed by atoms with Gasteiger partial charge in [0.1, 0.15) is 17.6 Å². The topological polar surface area (TPSA) is 159 Å². The molecular weight excluding hydrogens is 683 g/mol. The molecule has 0 aliphatic heterocycles. The van der Waals surface area contributed by atoms with Gasteiger partial charge in [0.25, 0.3) is 0 Å². The molecule has 4 aromatic rings. The number of nitrogens with one attached hydrogen (secondary N) is 3. The summed E-state index contributed by atoms with van der Waals surface area (Å²) < 4.78 is 28.5. The van der Waals surface area contributed by atoms with Crippen LogP contribution in [0.4, 0.5) is 22.0 Å². The molecule has 0 spiro atoms. The van der Waals surface area contributed by atoms with Gasteiger partial charge in [0, 0.05) is 53.6 Å². The minimum absolute atomic E-state index is 0.0611. The van der Waals surface area contributed by atoms with Gasteiger partial charge < -0.3 is 35.9 Å². The summed E-state index contributed by atoms with van der Waals surface area (Å²) in [7, 11) is 3.21. The number of amides is 3. The molecule has 2 atom stereocenters. The summed E-state index contributed by atoms with van der Waals surface area (Å²) in [6, 6.07) is 16.4. The van der Waals surface area contributed by atoms with Crippen molar-refractivity contribution in [3.63, 3.8) is 0 Å². The second-order valence-electron chi connectivity index (χ2n) is 9.76. The van der Waals surface area contributed by atoms with Crippen molar-refractivity contribution in [2.24, 2.45) is 0 Å². The van der Waals surface area contributed by atoms with E-state index in [9.17, 15) is 18.4 Å². The maximum atomic E-state index is 13.8. The molecule has 0 bridgehead atoms. The van der Waals surface area contributed by atoms with Crippen LogP contribution in [0, 0.1) is 0 Å². The van der Waals surface area contributed by atoms with Crippen molar-refractivity contribution in [3.8, 4) is 5.75 Å². The van der Waals surface area contributed by atoms with Crippen molar-refractivity contribution in [2.45, 2.75) is 28.8 Å². The largest absolute Gasteiger partial charge is 0.494 e. The van der Waals surface area contributed by atoms with Crippen LogP contribution >= 0.6 is 22.6 Å². The van der Waals surface area contributed by atoms with Crippen molar-refractivity contribution in [3.05, 3.63) is 83.6 Å². The minimum Gasteiger partial charge on any atom is -0.494 e. The lowest BCUT2D eigenvalue weighted by Crippen LogP contribution is -2.33. The molecule has 0 saturated carbocycles. The molecule has 6 N–H and O–H groups in total. The van der Waals surface area contributed by atoms with E-state index in [-0.39, 0.29) is 23.4 Å². The number of urea groups is 1. The molecular formula is C30H33IN6O5S. The van der Waals surface area contributed by atoms with Crippen LogP contribution in [0.1, 0.15) is 29.7 Å². The molecule has 1 aromatic heterocycles. The fourth-order valence-corrected chi connectivity index (χ4v) is 5.56. The first-order valence-corrected chi connectivity index (χ1v) is 16.0. The number of hydrogen-bond donors (Lipinski definition) is 5. The summed E-state index contributed by atoms with van der Waals surface area (Å²) in [6.07, 6.45) is 1.63. The molecule has 0 aliphatic carbocycles. The van der Waals surface area contributed by atoms with Crippen LogP contribution in [0.15, 0.2) is 71.8 Å². The van der Waals surface area contributed by atoms with E-state index in [0.29, 0.717) is 40.7 Å². The number of nitrogens with two attached hydrogens (primary N) is 1. The fourth-order valence-electron chi connectivity index (χ4n) is 4.39. The average Bonchev–Trinajstić information content (AvgIpc) is 2.98. The highest BCUT2D eigenvalue weighted by molar-refractivity contribution is 14.1. The summed E-state index contributed by atoms with van der Waals surface area (Å²) in [5.74, 6) is 0.722. The van der Waals surface area contributed by atoms with E-state index >= 15 is 0 Å². The first-order valence-electron chi connectivity index (χ1n) is 13.3. The van der Waals surface area contributed by atoms with Gasteiger partial charge in [-0.1, -0.05) is 34.7 Å². The highest BCUT2D eigenvalue weighted by Crippen LogP contribution is 2.30. The summed E-state index contributed by atoms with van der Waals surface area (Å²) in [4.78, 5) is 31.6. The van der Waals surface area contributed by atoms with Gasteiger partial charge in [-0.15, -0.1) is 0 Å². The van der Waals surface area contributed by atoms with Gasteiger partial charge in [0.2, 0.25) is 5.91 Å². The smallest absolute Gasteiger partial charge is 0.321 e. The Kier molecular flexibility index (Phi) is 10.8. The third kappa shape index (κ3) is 7.91. The Morgan fingerprint density at radius 3 is 2.53 bits per heavy atom. The highest BCUT2D eigenvalue weighted by atomic mass is 127. The number of hydrogen-bond acceptors (Lipinski definition) is 7. The molecule has 2 unspecified atom stereocenters. The molecule has 13 heteroatoms. The molecule has 4 rings (SSSR count). The maximum absolute atomic E-state index is 13.8. The van der Waals surface area contributed by atoms with Crippen molar-refractivity contribution in [2.75, 3.05) is 37.1 Å². The average molecular weight is 717 g/mol. The van der Waals surface area contributed by atoms with E-state index in [2.05, 4.69) is 43.5 Å². The Morgan fingerprint density at radius 1 is 1.07 bits per heavy atom. The highest BCUT2D eigenvalue weighted by Gasteiger charge is 2.23. The monoisotopic (exact) mass is 716 g/mol. The Balaban J connectivity index is 1.67. The van der Waals surface area contributed by atoms with Crippen LogP contribution in [0.5, 0.6) is 5.75 Å². The number of pyridine rings is 1. The zero-order valence-electron chi connectivity index (χ0n) is 23.9. The van der Waals surface area contributed by atoms with Crippen LogP contribution in [-0.4, -0.2) is 51.3 Å². The number of rotatable bonds is 11. The number of fused-ring (bicyclic) bond motifs is 1. The number of nitrogen functional groups attached to an aromatic ring is 1. The van der Waals surface area contributed by atoms with Crippen LogP contribution in [-0.2, 0) is 26.8 Å². The van der Waals surface area contributed by atoms with Gasteiger partial charge in [-0.2, -0.15) is 0 Å². The molecule has 226 valence electrons. The Bertz CT molecular complexity index is 1670. The van der Waals surface area contributed by atoms with Crippen LogP contribution in [0.25, 0.3) is 10.8 Å². The number of halogens is 1. The van der Waals surface area contributed by atoms with Crippen LogP contribution in [0.2, 0.25) is 0 Å². The summed E-state index contributed by atoms with van der Waals surface area (Å²) >= 11 is -0.0435. The summed E-state index contributed by atoms with van der Waals surface area (Å²) in [5.41, 5.74) is 9.18. The third-order valence-corrected chi connectivity index (χ3v) is 8.19. The number of carbonyl (C=O) groups is 2. The summed E-state index contributed by atoms with van der Waals surface area (Å²) in [5, 5.41) is 10.6. The normalized spacial score (nSPS) is 12.3. The predicted molar refractivity (Wildman–Crippen MR) is 178 cm³/mol. The minimum atomic E-state index is -2.31. The molecule has 0 radical (unpaired) electrons. The third-order valence-electron chi connectivity index (χ3n) is 6.60. The molecule has 43 heavy (non-hydrogen) atoms. The number of nitrogens with zero attached hydrogens (tertiary/aromatic N) is 2. The second-order valence-corrected chi connectivity index (χ2v) is 11.5. The summed E-state index contributed by atoms with van der Waals surface area (Å²) in [6.45, 7) is 2.31. The van der Waals surface area contributed by atoms with Gasteiger partial charge in [0.15, 0.2) is 11.1 Å². The molecule has 0 saturated heterocycles. The van der Waals surface area contributed by atoms with E-state index in [0.717, 1.165) is 20.8 Å². The Labute approximate surface area is 266 Å². The maximum Gasteiger partial charge on any atom is 0.321 e. The lowest BCUT2D eigenvalue weighted by atomic mass is 10.0. The van der Waals surface area contributed by atoms with Gasteiger partial charge in [0.05, 0.1) is 11.5 Å². The van der Waals surface area contributed by atoms with E-state index in [4.69, 9.17) is 10.5 Å². The first-order chi connectivity index (χ1) is 20.6. The molecule has 3 amide bonds. The lowest BCUT2D eigenvalue weighted by Gasteiger charge is -2.22. The van der Waals surface area contributed by atoms with Gasteiger partial charge in [-0.05, 0) is 72.0 Å². The number of aromatic nitrogens is 1. The molecule has 1 heterocycles. The zero-order valence-corrected chi connectivity index (χ0v) is 26.9. The number of ether oxygens (including phenoxy) is 1. The van der Waals surface area contributed by atoms with Gasteiger partial charge >= 0.3 is 6.03 Å². The molecule has 3 aromatic carbocycles. The van der Waals surface area contributed by atoms with Crippen molar-refractivity contribution in [1.29, 1.82) is 0 Å². The standard InChI is InChI=1S/C30H33IN6O5S/c1-4-42-25-15-19(5-6-20(25)16-31)27(35-22-7-9-24-18(13-22)11-12-33-28(24)32)29(38)34-17-21-14-23(36-30(39)37(2)3)8-10-26(21)43(40)41/h5-15,27,35H,4,16-17H2,1-3H3,(H2,32,33)(H,34,38)(H,36,39)(H,40,41). The van der Waals surface area contributed by atoms with E-state index in [1.54, 1.807) is 26.4 Å². The van der Waals surface area contributed by atoms with Crippen molar-refractivity contribution < 1.29 is 23.1 Å². The van der Waals surface area contributed by atoms with Crippen molar-refractivity contribution in [1.82, 2.24) is 15.2 Å². The number of benzene rings is 3. The van der Waals surface area contributed by atoms with Gasteiger partial charge in [-0.3, -0.25) is 4.79 Å². The number of anilines is 3. The predicted octanol–water partition coefficient (Wildman–Crippen LogP) is 5.29. The van der Waals surface area contributed by atoms with E-state index in [1.807, 2.05) is 49.4 Å². The molecule has 11 nitrogen and oxygen atoms in total. The SMILES string of the molecule is CCOc1cc(C(Nc2ccc3c(N)nccc3c2)C(=O)NCc2cc(NC(=O)N(C)C)ccc2S(=O)O)ccc1CI.